The van der Waals surface area contributed by atoms with Crippen LogP contribution < -0.4 is 15.2 Å². The van der Waals surface area contributed by atoms with Crippen molar-refractivity contribution in [2.24, 2.45) is 10.7 Å². The van der Waals surface area contributed by atoms with Gasteiger partial charge in [-0.2, -0.15) is 0 Å². The Hall–Kier alpha value is -2.82. The predicted octanol–water partition coefficient (Wildman–Crippen LogP) is 2.31. The third-order valence-corrected chi connectivity index (χ3v) is 2.70. The van der Waals surface area contributed by atoms with Gasteiger partial charge in [0.05, 0.1) is 12.8 Å². The number of hydrogen-bond acceptors (Lipinski definition) is 4. The van der Waals surface area contributed by atoms with Crippen LogP contribution in [0.1, 0.15) is 5.56 Å². The molecule has 0 saturated carbocycles. The molecule has 0 radical (unpaired) electrons. The molecule has 0 aromatic heterocycles. The Balaban J connectivity index is 1.98. The van der Waals surface area contributed by atoms with Crippen molar-refractivity contribution in [2.45, 2.75) is 0 Å². The summed E-state index contributed by atoms with van der Waals surface area (Å²) in [5.74, 6) is 0.889. The van der Waals surface area contributed by atoms with Crippen molar-refractivity contribution in [1.29, 1.82) is 0 Å². The summed E-state index contributed by atoms with van der Waals surface area (Å²) in [4.78, 5) is 15.0. The van der Waals surface area contributed by atoms with E-state index in [-0.39, 0.29) is 6.61 Å². The number of carbonyl (C=O) groups is 1. The Morgan fingerprint density at radius 3 is 2.29 bits per heavy atom. The number of primary amides is 1. The van der Waals surface area contributed by atoms with Crippen LogP contribution in [0.3, 0.4) is 0 Å². The van der Waals surface area contributed by atoms with E-state index in [0.717, 1.165) is 17.0 Å². The minimum absolute atomic E-state index is 0.126. The van der Waals surface area contributed by atoms with Crippen LogP contribution in [0.25, 0.3) is 0 Å². The van der Waals surface area contributed by atoms with Gasteiger partial charge in [-0.25, -0.2) is 0 Å². The molecule has 0 aliphatic heterocycles. The average molecular weight is 284 g/mol. The fourth-order valence-electron chi connectivity index (χ4n) is 1.62. The van der Waals surface area contributed by atoms with Crippen molar-refractivity contribution in [3.63, 3.8) is 0 Å². The number of carbonyl (C=O) groups excluding carboxylic acids is 1. The number of hydrogen-bond donors (Lipinski definition) is 1. The number of amides is 1. The second-order valence-corrected chi connectivity index (χ2v) is 4.28. The molecule has 0 fully saturated rings. The summed E-state index contributed by atoms with van der Waals surface area (Å²) in [7, 11) is 1.63. The van der Waals surface area contributed by atoms with Crippen molar-refractivity contribution < 1.29 is 14.3 Å². The van der Waals surface area contributed by atoms with Crippen molar-refractivity contribution in [1.82, 2.24) is 0 Å². The SMILES string of the molecule is COc1ccc(/N=C/c2ccc(OCC(N)=O)cc2)cc1. The first-order valence-electron chi connectivity index (χ1n) is 6.36. The normalized spacial score (nSPS) is 10.5. The number of ether oxygens (including phenoxy) is 2. The Kier molecular flexibility index (Phi) is 4.93. The Morgan fingerprint density at radius 2 is 1.71 bits per heavy atom. The van der Waals surface area contributed by atoms with E-state index in [0.29, 0.717) is 5.75 Å². The molecule has 0 saturated heterocycles. The first-order valence-corrected chi connectivity index (χ1v) is 6.36. The van der Waals surface area contributed by atoms with Crippen molar-refractivity contribution >= 4 is 17.8 Å². The molecule has 5 nitrogen and oxygen atoms in total. The zero-order chi connectivity index (χ0) is 15.1. The summed E-state index contributed by atoms with van der Waals surface area (Å²) >= 11 is 0. The number of aliphatic imine (C=N–C) groups is 1. The van der Waals surface area contributed by atoms with Crippen LogP contribution in [0.2, 0.25) is 0 Å². The van der Waals surface area contributed by atoms with E-state index in [9.17, 15) is 4.79 Å². The summed E-state index contributed by atoms with van der Waals surface area (Å²) in [5, 5.41) is 0. The van der Waals surface area contributed by atoms with Crippen LogP contribution in [0.5, 0.6) is 11.5 Å². The third-order valence-electron chi connectivity index (χ3n) is 2.70. The summed E-state index contributed by atoms with van der Waals surface area (Å²) in [6.07, 6.45) is 1.75. The van der Waals surface area contributed by atoms with Gasteiger partial charge in [-0.1, -0.05) is 0 Å². The predicted molar refractivity (Wildman–Crippen MR) is 81.4 cm³/mol. The van der Waals surface area contributed by atoms with Gasteiger partial charge in [0.25, 0.3) is 5.91 Å². The van der Waals surface area contributed by atoms with E-state index in [4.69, 9.17) is 15.2 Å². The Bertz CT molecular complexity index is 619. The Labute approximate surface area is 123 Å². The molecular formula is C16H16N2O3. The fourth-order valence-corrected chi connectivity index (χ4v) is 1.62. The van der Waals surface area contributed by atoms with Gasteiger partial charge in [0.15, 0.2) is 6.61 Å². The van der Waals surface area contributed by atoms with E-state index in [1.165, 1.54) is 0 Å². The molecule has 2 N–H and O–H groups in total. The largest absolute Gasteiger partial charge is 0.497 e. The zero-order valence-corrected chi connectivity index (χ0v) is 11.7. The van der Waals surface area contributed by atoms with Gasteiger partial charge in [-0.3, -0.25) is 9.79 Å². The van der Waals surface area contributed by atoms with Crippen LogP contribution in [-0.4, -0.2) is 25.8 Å². The number of methoxy groups -OCH3 is 1. The zero-order valence-electron chi connectivity index (χ0n) is 11.7. The molecule has 0 atom stereocenters. The molecule has 2 aromatic carbocycles. The molecule has 0 bridgehead atoms. The molecule has 2 rings (SSSR count). The molecule has 0 unspecified atom stereocenters. The average Bonchev–Trinajstić information content (AvgIpc) is 2.52. The maximum absolute atomic E-state index is 10.6. The third kappa shape index (κ3) is 4.65. The van der Waals surface area contributed by atoms with Crippen molar-refractivity contribution in [3.05, 3.63) is 54.1 Å². The summed E-state index contributed by atoms with van der Waals surface area (Å²) in [6.45, 7) is -0.126. The number of rotatable bonds is 6. The number of nitrogens with zero attached hydrogens (tertiary/aromatic N) is 1. The summed E-state index contributed by atoms with van der Waals surface area (Å²) < 4.78 is 10.3. The highest BCUT2D eigenvalue weighted by atomic mass is 16.5. The second-order valence-electron chi connectivity index (χ2n) is 4.28. The molecule has 1 amide bonds. The lowest BCUT2D eigenvalue weighted by molar-refractivity contribution is -0.119. The minimum Gasteiger partial charge on any atom is -0.497 e. The fraction of sp³-hybridized carbons (Fsp3) is 0.125. The highest BCUT2D eigenvalue weighted by Crippen LogP contribution is 2.18. The molecule has 0 aliphatic carbocycles. The van der Waals surface area contributed by atoms with E-state index in [1.54, 1.807) is 25.5 Å². The van der Waals surface area contributed by atoms with Crippen LogP contribution in [0, 0.1) is 0 Å². The molecule has 108 valence electrons. The lowest BCUT2D eigenvalue weighted by Crippen LogP contribution is -2.19. The van der Waals surface area contributed by atoms with Crippen LogP contribution in [0.15, 0.2) is 53.5 Å². The van der Waals surface area contributed by atoms with E-state index in [2.05, 4.69) is 4.99 Å². The number of benzene rings is 2. The topological polar surface area (TPSA) is 73.9 Å². The number of nitrogens with two attached hydrogens (primary N) is 1. The minimum atomic E-state index is -0.500. The van der Waals surface area contributed by atoms with E-state index < -0.39 is 5.91 Å². The van der Waals surface area contributed by atoms with Gasteiger partial charge in [0, 0.05) is 6.21 Å². The van der Waals surface area contributed by atoms with Crippen molar-refractivity contribution in [2.75, 3.05) is 13.7 Å². The first-order chi connectivity index (χ1) is 10.2. The molecule has 2 aromatic rings. The molecule has 0 spiro atoms. The first kappa shape index (κ1) is 14.6. The van der Waals surface area contributed by atoms with Gasteiger partial charge in [0.1, 0.15) is 11.5 Å². The van der Waals surface area contributed by atoms with Crippen molar-refractivity contribution in [3.8, 4) is 11.5 Å². The molecule has 5 heteroatoms. The van der Waals surface area contributed by atoms with Gasteiger partial charge >= 0.3 is 0 Å². The van der Waals surface area contributed by atoms with E-state index >= 15 is 0 Å². The molecule has 0 heterocycles. The molecule has 21 heavy (non-hydrogen) atoms. The lowest BCUT2D eigenvalue weighted by Gasteiger charge is -2.03. The van der Waals surface area contributed by atoms with Crippen LogP contribution in [0.4, 0.5) is 5.69 Å². The highest BCUT2D eigenvalue weighted by Gasteiger charge is 1.97. The Morgan fingerprint density at radius 1 is 1.10 bits per heavy atom. The van der Waals surface area contributed by atoms with Gasteiger partial charge in [0.2, 0.25) is 0 Å². The summed E-state index contributed by atoms with van der Waals surface area (Å²) in [6, 6.07) is 14.7. The van der Waals surface area contributed by atoms with E-state index in [1.807, 2.05) is 36.4 Å². The lowest BCUT2D eigenvalue weighted by atomic mass is 10.2. The van der Waals surface area contributed by atoms with Gasteiger partial charge in [-0.05, 0) is 54.1 Å². The van der Waals surface area contributed by atoms with Gasteiger partial charge < -0.3 is 15.2 Å². The molecular weight excluding hydrogens is 268 g/mol. The maximum Gasteiger partial charge on any atom is 0.255 e. The van der Waals surface area contributed by atoms with Gasteiger partial charge in [-0.15, -0.1) is 0 Å². The second kappa shape index (κ2) is 7.09. The highest BCUT2D eigenvalue weighted by molar-refractivity contribution is 5.82. The quantitative estimate of drug-likeness (QED) is 0.827. The smallest absolute Gasteiger partial charge is 0.255 e. The van der Waals surface area contributed by atoms with Crippen LogP contribution in [-0.2, 0) is 4.79 Å². The summed E-state index contributed by atoms with van der Waals surface area (Å²) in [5.41, 5.74) is 6.77. The van der Waals surface area contributed by atoms with Crippen LogP contribution >= 0.6 is 0 Å². The standard InChI is InChI=1S/C16H16N2O3/c1-20-14-8-4-13(5-9-14)18-10-12-2-6-15(7-3-12)21-11-16(17)19/h2-10H,11H2,1H3,(H2,17,19)/b18-10+. The molecule has 0 aliphatic rings. The monoisotopic (exact) mass is 284 g/mol. The maximum atomic E-state index is 10.6.